The maximum atomic E-state index is 4.16. The molecule has 2 heteroatoms. The second kappa shape index (κ2) is 2.97. The number of hydrazone groups is 1. The number of nitrogens with zero attached hydrogens (tertiary/aromatic N) is 1. The second-order valence-corrected chi connectivity index (χ2v) is 4.80. The summed E-state index contributed by atoms with van der Waals surface area (Å²) in [5.74, 6) is 1.01. The standard InChI is InChI=1S/C12H18N2/c1-8(2)11-6-12(4)10(5-9(11)3)7-13-14-12/h5-8,10,14H,1-4H3. The lowest BCUT2D eigenvalue weighted by Gasteiger charge is -2.32. The predicted octanol–water partition coefficient (Wildman–Crippen LogP) is 2.49. The Balaban J connectivity index is 2.39. The lowest BCUT2D eigenvalue weighted by Crippen LogP contribution is -2.41. The second-order valence-electron chi connectivity index (χ2n) is 4.80. The Morgan fingerprint density at radius 2 is 2.21 bits per heavy atom. The van der Waals surface area contributed by atoms with Crippen LogP contribution in [0.15, 0.2) is 28.4 Å². The summed E-state index contributed by atoms with van der Waals surface area (Å²) >= 11 is 0. The highest BCUT2D eigenvalue weighted by Gasteiger charge is 2.36. The molecule has 0 spiro atoms. The van der Waals surface area contributed by atoms with Gasteiger partial charge in [-0.3, -0.25) is 5.43 Å². The van der Waals surface area contributed by atoms with Crippen LogP contribution in [0, 0.1) is 11.8 Å². The van der Waals surface area contributed by atoms with Crippen LogP contribution in [0.25, 0.3) is 0 Å². The van der Waals surface area contributed by atoms with Crippen molar-refractivity contribution < 1.29 is 0 Å². The van der Waals surface area contributed by atoms with Gasteiger partial charge in [0.1, 0.15) is 0 Å². The van der Waals surface area contributed by atoms with Crippen molar-refractivity contribution in [2.75, 3.05) is 0 Å². The SMILES string of the molecule is CC1=CC2C=NNC2(C)C=C1C(C)C. The molecule has 0 fully saturated rings. The van der Waals surface area contributed by atoms with Gasteiger partial charge in [-0.15, -0.1) is 0 Å². The first-order chi connectivity index (χ1) is 6.53. The Morgan fingerprint density at radius 3 is 2.86 bits per heavy atom. The van der Waals surface area contributed by atoms with Crippen LogP contribution in [0.1, 0.15) is 27.7 Å². The van der Waals surface area contributed by atoms with Gasteiger partial charge in [0.2, 0.25) is 0 Å². The van der Waals surface area contributed by atoms with Gasteiger partial charge in [0.15, 0.2) is 0 Å². The first kappa shape index (κ1) is 9.50. The van der Waals surface area contributed by atoms with Crippen LogP contribution in [0.3, 0.4) is 0 Å². The molecule has 0 saturated heterocycles. The van der Waals surface area contributed by atoms with E-state index in [2.05, 4.69) is 50.4 Å². The van der Waals surface area contributed by atoms with Crippen molar-refractivity contribution in [3.63, 3.8) is 0 Å². The minimum atomic E-state index is 0.0130. The van der Waals surface area contributed by atoms with Gasteiger partial charge in [0.25, 0.3) is 0 Å². The number of hydrogen-bond acceptors (Lipinski definition) is 2. The average Bonchev–Trinajstić information content (AvgIpc) is 2.45. The molecule has 1 aliphatic heterocycles. The van der Waals surface area contributed by atoms with Crippen molar-refractivity contribution in [2.24, 2.45) is 16.9 Å². The molecule has 76 valence electrons. The van der Waals surface area contributed by atoms with Crippen LogP contribution < -0.4 is 5.43 Å². The highest BCUT2D eigenvalue weighted by atomic mass is 15.3. The molecule has 0 aromatic carbocycles. The van der Waals surface area contributed by atoms with Gasteiger partial charge in [-0.05, 0) is 25.3 Å². The van der Waals surface area contributed by atoms with Crippen LogP contribution in [0.2, 0.25) is 0 Å². The Labute approximate surface area is 85.8 Å². The van der Waals surface area contributed by atoms with Gasteiger partial charge in [0.05, 0.1) is 5.54 Å². The third-order valence-electron chi connectivity index (χ3n) is 3.20. The van der Waals surface area contributed by atoms with Crippen molar-refractivity contribution in [3.8, 4) is 0 Å². The van der Waals surface area contributed by atoms with Gasteiger partial charge >= 0.3 is 0 Å². The minimum absolute atomic E-state index is 0.0130. The molecular weight excluding hydrogens is 172 g/mol. The average molecular weight is 190 g/mol. The summed E-state index contributed by atoms with van der Waals surface area (Å²) in [6, 6.07) is 0. The van der Waals surface area contributed by atoms with Crippen molar-refractivity contribution in [1.29, 1.82) is 0 Å². The quantitative estimate of drug-likeness (QED) is 0.675. The fourth-order valence-electron chi connectivity index (χ4n) is 2.26. The van der Waals surface area contributed by atoms with Gasteiger partial charge < -0.3 is 0 Å². The fraction of sp³-hybridized carbons (Fsp3) is 0.583. The lowest BCUT2D eigenvalue weighted by atomic mass is 9.76. The molecule has 2 rings (SSSR count). The maximum Gasteiger partial charge on any atom is 0.0818 e. The first-order valence-electron chi connectivity index (χ1n) is 5.25. The molecular formula is C12H18N2. The zero-order valence-corrected chi connectivity index (χ0v) is 9.33. The fourth-order valence-corrected chi connectivity index (χ4v) is 2.26. The molecule has 0 amide bonds. The highest BCUT2D eigenvalue weighted by molar-refractivity contribution is 5.70. The molecule has 1 aliphatic carbocycles. The van der Waals surface area contributed by atoms with Crippen LogP contribution in [-0.4, -0.2) is 11.8 Å². The molecule has 0 radical (unpaired) electrons. The molecule has 0 aromatic heterocycles. The highest BCUT2D eigenvalue weighted by Crippen LogP contribution is 2.35. The van der Waals surface area contributed by atoms with Crippen molar-refractivity contribution in [1.82, 2.24) is 5.43 Å². The van der Waals surface area contributed by atoms with E-state index in [0.717, 1.165) is 0 Å². The van der Waals surface area contributed by atoms with Crippen LogP contribution >= 0.6 is 0 Å². The van der Waals surface area contributed by atoms with Gasteiger partial charge in [-0.25, -0.2) is 0 Å². The van der Waals surface area contributed by atoms with Crippen molar-refractivity contribution in [2.45, 2.75) is 33.2 Å². The van der Waals surface area contributed by atoms with E-state index in [4.69, 9.17) is 0 Å². The van der Waals surface area contributed by atoms with Gasteiger partial charge in [-0.1, -0.05) is 31.6 Å². The van der Waals surface area contributed by atoms with Crippen LogP contribution in [-0.2, 0) is 0 Å². The molecule has 1 heterocycles. The monoisotopic (exact) mass is 190 g/mol. The Kier molecular flexibility index (Phi) is 2.02. The summed E-state index contributed by atoms with van der Waals surface area (Å²) in [6.45, 7) is 8.87. The number of hydrogen-bond donors (Lipinski definition) is 1. The summed E-state index contributed by atoms with van der Waals surface area (Å²) < 4.78 is 0. The van der Waals surface area contributed by atoms with E-state index in [9.17, 15) is 0 Å². The smallest absolute Gasteiger partial charge is 0.0818 e. The molecule has 0 aromatic rings. The first-order valence-corrected chi connectivity index (χ1v) is 5.25. The predicted molar refractivity (Wildman–Crippen MR) is 60.2 cm³/mol. The minimum Gasteiger partial charge on any atom is -0.300 e. The molecule has 2 nitrogen and oxygen atoms in total. The zero-order valence-electron chi connectivity index (χ0n) is 9.33. The molecule has 1 N–H and O–H groups in total. The third kappa shape index (κ3) is 1.29. The van der Waals surface area contributed by atoms with E-state index in [1.807, 2.05) is 6.21 Å². The summed E-state index contributed by atoms with van der Waals surface area (Å²) in [5.41, 5.74) is 6.05. The molecule has 2 unspecified atom stereocenters. The van der Waals surface area contributed by atoms with E-state index >= 15 is 0 Å². The van der Waals surface area contributed by atoms with Gasteiger partial charge in [0, 0.05) is 12.1 Å². The Morgan fingerprint density at radius 1 is 1.50 bits per heavy atom. The largest absolute Gasteiger partial charge is 0.300 e. The molecule has 0 bridgehead atoms. The zero-order chi connectivity index (χ0) is 10.3. The summed E-state index contributed by atoms with van der Waals surface area (Å²) in [4.78, 5) is 0. The van der Waals surface area contributed by atoms with E-state index in [0.29, 0.717) is 11.8 Å². The number of nitrogens with one attached hydrogen (secondary N) is 1. The van der Waals surface area contributed by atoms with E-state index in [1.165, 1.54) is 11.1 Å². The van der Waals surface area contributed by atoms with E-state index in [-0.39, 0.29) is 5.54 Å². The number of fused-ring (bicyclic) bond motifs is 1. The van der Waals surface area contributed by atoms with Crippen molar-refractivity contribution >= 4 is 6.21 Å². The third-order valence-corrected chi connectivity index (χ3v) is 3.20. The molecule has 2 aliphatic rings. The molecule has 0 saturated carbocycles. The van der Waals surface area contributed by atoms with Crippen LogP contribution in [0.4, 0.5) is 0 Å². The number of allylic oxidation sites excluding steroid dienone is 2. The molecule has 2 atom stereocenters. The summed E-state index contributed by atoms with van der Waals surface area (Å²) in [7, 11) is 0. The number of rotatable bonds is 1. The Bertz CT molecular complexity index is 336. The lowest BCUT2D eigenvalue weighted by molar-refractivity contribution is 0.432. The molecule has 14 heavy (non-hydrogen) atoms. The van der Waals surface area contributed by atoms with E-state index < -0.39 is 0 Å². The topological polar surface area (TPSA) is 24.4 Å². The van der Waals surface area contributed by atoms with Crippen LogP contribution in [0.5, 0.6) is 0 Å². The summed E-state index contributed by atoms with van der Waals surface area (Å²) in [5, 5.41) is 4.16. The maximum absolute atomic E-state index is 4.16. The van der Waals surface area contributed by atoms with Gasteiger partial charge in [-0.2, -0.15) is 5.10 Å². The Hall–Kier alpha value is -1.05. The van der Waals surface area contributed by atoms with Crippen molar-refractivity contribution in [3.05, 3.63) is 23.3 Å². The normalized spacial score (nSPS) is 35.1. The summed E-state index contributed by atoms with van der Waals surface area (Å²) in [6.07, 6.45) is 6.65. The van der Waals surface area contributed by atoms with E-state index in [1.54, 1.807) is 0 Å².